The van der Waals surface area contributed by atoms with Crippen LogP contribution in [0.1, 0.15) is 32.1 Å². The maximum Gasteiger partial charge on any atom is 0.297 e. The Labute approximate surface area is 92.6 Å². The van der Waals surface area contributed by atoms with Crippen LogP contribution in [0.15, 0.2) is 10.8 Å². The first-order valence-corrected chi connectivity index (χ1v) is 5.90. The van der Waals surface area contributed by atoms with Gasteiger partial charge in [-0.3, -0.25) is 0 Å². The molecule has 1 aromatic rings. The van der Waals surface area contributed by atoms with Gasteiger partial charge in [0.2, 0.25) is 0 Å². The number of ether oxygens (including phenoxy) is 1. The molecule has 0 unspecified atom stereocenters. The maximum absolute atomic E-state index is 5.83. The van der Waals surface area contributed by atoms with Gasteiger partial charge in [-0.1, -0.05) is 6.42 Å². The van der Waals surface area contributed by atoms with Crippen molar-refractivity contribution in [3.63, 3.8) is 0 Å². The van der Waals surface area contributed by atoms with Crippen molar-refractivity contribution in [1.29, 1.82) is 0 Å². The van der Waals surface area contributed by atoms with E-state index < -0.39 is 0 Å². The van der Waals surface area contributed by atoms with Gasteiger partial charge in [-0.2, -0.15) is 4.98 Å². The van der Waals surface area contributed by atoms with Gasteiger partial charge in [0.1, 0.15) is 10.7 Å². The van der Waals surface area contributed by atoms with Crippen LogP contribution >= 0.6 is 15.9 Å². The van der Waals surface area contributed by atoms with Gasteiger partial charge in [-0.05, 0) is 41.6 Å². The highest BCUT2D eigenvalue weighted by Crippen LogP contribution is 2.23. The minimum Gasteiger partial charge on any atom is -0.461 e. The Morgan fingerprint density at radius 1 is 1.43 bits per heavy atom. The minimum atomic E-state index is 0.372. The summed E-state index contributed by atoms with van der Waals surface area (Å²) in [6.07, 6.45) is 8.56. The Morgan fingerprint density at radius 2 is 2.14 bits per heavy atom. The summed E-state index contributed by atoms with van der Waals surface area (Å²) in [5, 5.41) is 0. The van der Waals surface area contributed by atoms with Crippen molar-refractivity contribution >= 4 is 15.9 Å². The summed E-state index contributed by atoms with van der Waals surface area (Å²) in [6.45, 7) is 0. The van der Waals surface area contributed by atoms with Gasteiger partial charge in [0, 0.05) is 13.2 Å². The highest BCUT2D eigenvalue weighted by atomic mass is 79.9. The van der Waals surface area contributed by atoms with Crippen LogP contribution in [0.4, 0.5) is 0 Å². The largest absolute Gasteiger partial charge is 0.461 e. The highest BCUT2D eigenvalue weighted by molar-refractivity contribution is 9.10. The molecule has 1 fully saturated rings. The van der Waals surface area contributed by atoms with Crippen molar-refractivity contribution in [2.24, 2.45) is 7.05 Å². The summed E-state index contributed by atoms with van der Waals surface area (Å²) in [5.74, 6) is 0. The molecule has 2 rings (SSSR count). The van der Waals surface area contributed by atoms with Crippen LogP contribution in [0.5, 0.6) is 6.01 Å². The molecule has 4 heteroatoms. The number of nitrogens with zero attached hydrogens (tertiary/aromatic N) is 2. The molecular weight excluding hydrogens is 244 g/mol. The van der Waals surface area contributed by atoms with Crippen LogP contribution in [0, 0.1) is 0 Å². The molecule has 0 spiro atoms. The van der Waals surface area contributed by atoms with Crippen LogP contribution in [-0.4, -0.2) is 15.7 Å². The lowest BCUT2D eigenvalue weighted by Gasteiger charge is -2.21. The molecule has 78 valence electrons. The second kappa shape index (κ2) is 4.34. The fourth-order valence-corrected chi connectivity index (χ4v) is 2.31. The predicted octanol–water partition coefficient (Wildman–Crippen LogP) is 2.89. The number of aromatic nitrogens is 2. The van der Waals surface area contributed by atoms with E-state index in [2.05, 4.69) is 20.9 Å². The minimum absolute atomic E-state index is 0.372. The molecule has 1 saturated carbocycles. The summed E-state index contributed by atoms with van der Waals surface area (Å²) < 4.78 is 8.58. The molecule has 1 aromatic heterocycles. The number of aryl methyl sites for hydroxylation is 1. The van der Waals surface area contributed by atoms with Gasteiger partial charge < -0.3 is 9.30 Å². The number of hydrogen-bond acceptors (Lipinski definition) is 2. The lowest BCUT2D eigenvalue weighted by Crippen LogP contribution is -2.21. The first-order valence-electron chi connectivity index (χ1n) is 5.11. The zero-order valence-corrected chi connectivity index (χ0v) is 9.96. The second-order valence-corrected chi connectivity index (χ2v) is 4.65. The van der Waals surface area contributed by atoms with Crippen molar-refractivity contribution in [3.8, 4) is 6.01 Å². The van der Waals surface area contributed by atoms with E-state index in [1.807, 2.05) is 17.8 Å². The van der Waals surface area contributed by atoms with E-state index in [1.165, 1.54) is 32.1 Å². The molecule has 1 aliphatic rings. The monoisotopic (exact) mass is 258 g/mol. The van der Waals surface area contributed by atoms with E-state index in [1.54, 1.807) is 0 Å². The summed E-state index contributed by atoms with van der Waals surface area (Å²) in [7, 11) is 1.95. The number of hydrogen-bond donors (Lipinski definition) is 0. The molecule has 3 nitrogen and oxygen atoms in total. The lowest BCUT2D eigenvalue weighted by molar-refractivity contribution is 0.137. The van der Waals surface area contributed by atoms with Crippen molar-refractivity contribution in [2.75, 3.05) is 0 Å². The summed E-state index contributed by atoms with van der Waals surface area (Å²) in [6, 6.07) is 0.726. The third kappa shape index (κ3) is 2.29. The van der Waals surface area contributed by atoms with Crippen molar-refractivity contribution in [3.05, 3.63) is 10.8 Å². The molecule has 0 radical (unpaired) electrons. The average molecular weight is 259 g/mol. The topological polar surface area (TPSA) is 27.1 Å². The van der Waals surface area contributed by atoms with Crippen LogP contribution in [0.3, 0.4) is 0 Å². The van der Waals surface area contributed by atoms with Gasteiger partial charge in [-0.15, -0.1) is 0 Å². The van der Waals surface area contributed by atoms with Gasteiger partial charge in [-0.25, -0.2) is 0 Å². The fraction of sp³-hybridized carbons (Fsp3) is 0.700. The number of imidazole rings is 1. The van der Waals surface area contributed by atoms with E-state index >= 15 is 0 Å². The van der Waals surface area contributed by atoms with Gasteiger partial charge >= 0.3 is 0 Å². The lowest BCUT2D eigenvalue weighted by atomic mass is 9.98. The third-order valence-corrected chi connectivity index (χ3v) is 3.01. The molecule has 1 aliphatic carbocycles. The van der Waals surface area contributed by atoms with Crippen molar-refractivity contribution in [2.45, 2.75) is 38.2 Å². The Hall–Kier alpha value is -0.510. The Balaban J connectivity index is 1.98. The first kappa shape index (κ1) is 10.0. The van der Waals surface area contributed by atoms with Crippen molar-refractivity contribution < 1.29 is 4.74 Å². The second-order valence-electron chi connectivity index (χ2n) is 3.83. The third-order valence-electron chi connectivity index (χ3n) is 2.63. The summed E-state index contributed by atoms with van der Waals surface area (Å²) in [5.41, 5.74) is 0. The molecule has 14 heavy (non-hydrogen) atoms. The molecular formula is C10H15BrN2O. The van der Waals surface area contributed by atoms with E-state index in [4.69, 9.17) is 4.74 Å². The molecule has 0 saturated heterocycles. The number of halogens is 1. The molecule has 0 aliphatic heterocycles. The van der Waals surface area contributed by atoms with Gasteiger partial charge in [0.05, 0.1) is 0 Å². The zero-order chi connectivity index (χ0) is 9.97. The van der Waals surface area contributed by atoms with Crippen LogP contribution in [0.2, 0.25) is 0 Å². The molecule has 0 amide bonds. The fourth-order valence-electron chi connectivity index (χ4n) is 1.86. The molecule has 0 aromatic carbocycles. The highest BCUT2D eigenvalue weighted by Gasteiger charge is 2.17. The SMILES string of the molecule is Cn1cc(Br)nc1OC1CCCCC1. The van der Waals surface area contributed by atoms with Gasteiger partial charge in [0.25, 0.3) is 6.01 Å². The molecule has 0 atom stereocenters. The Morgan fingerprint density at radius 3 is 2.71 bits per heavy atom. The van der Waals surface area contributed by atoms with Crippen LogP contribution < -0.4 is 4.74 Å². The maximum atomic E-state index is 5.83. The van der Waals surface area contributed by atoms with Crippen LogP contribution in [-0.2, 0) is 7.05 Å². The smallest absolute Gasteiger partial charge is 0.297 e. The van der Waals surface area contributed by atoms with E-state index in [-0.39, 0.29) is 0 Å². The Kier molecular flexibility index (Phi) is 3.11. The summed E-state index contributed by atoms with van der Waals surface area (Å²) >= 11 is 3.34. The van der Waals surface area contributed by atoms with E-state index in [9.17, 15) is 0 Å². The first-order chi connectivity index (χ1) is 6.75. The van der Waals surface area contributed by atoms with E-state index in [0.717, 1.165) is 10.6 Å². The van der Waals surface area contributed by atoms with Crippen molar-refractivity contribution in [1.82, 2.24) is 9.55 Å². The molecule has 0 N–H and O–H groups in total. The normalized spacial score (nSPS) is 18.4. The zero-order valence-electron chi connectivity index (χ0n) is 8.37. The molecule has 1 heterocycles. The average Bonchev–Trinajstić information content (AvgIpc) is 2.47. The standard InChI is InChI=1S/C10H15BrN2O/c1-13-7-9(11)12-10(13)14-8-5-3-2-4-6-8/h7-8H,2-6H2,1H3. The predicted molar refractivity (Wildman–Crippen MR) is 58.4 cm³/mol. The van der Waals surface area contributed by atoms with Gasteiger partial charge in [0.15, 0.2) is 0 Å². The quantitative estimate of drug-likeness (QED) is 0.816. The van der Waals surface area contributed by atoms with Crippen LogP contribution in [0.25, 0.3) is 0 Å². The Bertz CT molecular complexity index is 305. The number of rotatable bonds is 2. The van der Waals surface area contributed by atoms with E-state index in [0.29, 0.717) is 6.10 Å². The molecule has 0 bridgehead atoms. The summed E-state index contributed by atoms with van der Waals surface area (Å²) in [4.78, 5) is 4.26.